The predicted octanol–water partition coefficient (Wildman–Crippen LogP) is 20.9. The number of phosphoric ester groups is 2. The maximum atomic E-state index is 13.0. The minimum Gasteiger partial charge on any atom is -0.462 e. The molecular formula is C72H140O17P2. The number of aliphatic hydroxyl groups excluding tert-OH is 1. The molecule has 2 unspecified atom stereocenters. The molecule has 0 bridgehead atoms. The van der Waals surface area contributed by atoms with Crippen LogP contribution < -0.4 is 0 Å². The van der Waals surface area contributed by atoms with E-state index < -0.39 is 97.5 Å². The van der Waals surface area contributed by atoms with Crippen molar-refractivity contribution < 1.29 is 80.2 Å². The lowest BCUT2D eigenvalue weighted by Gasteiger charge is -2.21. The van der Waals surface area contributed by atoms with Gasteiger partial charge in [0.25, 0.3) is 0 Å². The van der Waals surface area contributed by atoms with Crippen LogP contribution in [0.15, 0.2) is 0 Å². The molecule has 19 heteroatoms. The van der Waals surface area contributed by atoms with Gasteiger partial charge in [-0.1, -0.05) is 324 Å². The summed E-state index contributed by atoms with van der Waals surface area (Å²) in [6.45, 7) is 7.27. The Morgan fingerprint density at radius 2 is 0.505 bits per heavy atom. The fraction of sp³-hybridized carbons (Fsp3) is 0.944. The number of unbranched alkanes of at least 4 members (excludes halogenated alkanes) is 44. The molecule has 0 fully saturated rings. The molecule has 0 amide bonds. The van der Waals surface area contributed by atoms with Gasteiger partial charge < -0.3 is 33.8 Å². The summed E-state index contributed by atoms with van der Waals surface area (Å²) in [5, 5.41) is 10.6. The van der Waals surface area contributed by atoms with Crippen LogP contribution in [0.25, 0.3) is 0 Å². The number of rotatable bonds is 72. The van der Waals surface area contributed by atoms with Crippen LogP contribution in [0.5, 0.6) is 0 Å². The lowest BCUT2D eigenvalue weighted by Crippen LogP contribution is -2.30. The van der Waals surface area contributed by atoms with Gasteiger partial charge >= 0.3 is 39.5 Å². The first kappa shape index (κ1) is 89.1. The van der Waals surface area contributed by atoms with Crippen LogP contribution in [0.2, 0.25) is 0 Å². The number of carbonyl (C=O) groups is 4. The quantitative estimate of drug-likeness (QED) is 0.0222. The van der Waals surface area contributed by atoms with Crippen LogP contribution in [0, 0.1) is 5.92 Å². The molecule has 0 aliphatic carbocycles. The first-order valence-corrected chi connectivity index (χ1v) is 40.6. The molecule has 0 spiro atoms. The number of esters is 4. The van der Waals surface area contributed by atoms with Crippen LogP contribution in [0.1, 0.15) is 375 Å². The molecule has 0 heterocycles. The minimum absolute atomic E-state index is 0.107. The van der Waals surface area contributed by atoms with Crippen molar-refractivity contribution in [1.29, 1.82) is 0 Å². The highest BCUT2D eigenvalue weighted by Crippen LogP contribution is 2.45. The smallest absolute Gasteiger partial charge is 0.462 e. The molecule has 0 aliphatic heterocycles. The van der Waals surface area contributed by atoms with Gasteiger partial charge in [-0.3, -0.25) is 37.3 Å². The van der Waals surface area contributed by atoms with Gasteiger partial charge in [0.15, 0.2) is 12.2 Å². The van der Waals surface area contributed by atoms with E-state index in [4.69, 9.17) is 37.0 Å². The Labute approximate surface area is 556 Å². The van der Waals surface area contributed by atoms with E-state index in [-0.39, 0.29) is 25.7 Å². The average molecular weight is 1340 g/mol. The number of phosphoric acid groups is 2. The molecule has 17 nitrogen and oxygen atoms in total. The van der Waals surface area contributed by atoms with Crippen LogP contribution >= 0.6 is 15.6 Å². The van der Waals surface area contributed by atoms with Gasteiger partial charge in [-0.15, -0.1) is 0 Å². The van der Waals surface area contributed by atoms with E-state index in [1.54, 1.807) is 0 Å². The minimum atomic E-state index is -4.95. The van der Waals surface area contributed by atoms with Crippen molar-refractivity contribution in [2.45, 2.75) is 393 Å². The maximum absolute atomic E-state index is 13.0. The van der Waals surface area contributed by atoms with Gasteiger partial charge in [0.05, 0.1) is 26.4 Å². The van der Waals surface area contributed by atoms with E-state index in [9.17, 15) is 43.2 Å². The van der Waals surface area contributed by atoms with Crippen molar-refractivity contribution >= 4 is 39.5 Å². The zero-order valence-electron chi connectivity index (χ0n) is 59.0. The largest absolute Gasteiger partial charge is 0.472 e. The summed E-state index contributed by atoms with van der Waals surface area (Å²) in [6, 6.07) is 0. The summed E-state index contributed by atoms with van der Waals surface area (Å²) >= 11 is 0. The molecule has 540 valence electrons. The fourth-order valence-corrected chi connectivity index (χ4v) is 12.6. The number of hydrogen-bond acceptors (Lipinski definition) is 15. The molecule has 0 saturated heterocycles. The Hall–Kier alpha value is -1.94. The molecule has 0 aliphatic rings. The highest BCUT2D eigenvalue weighted by atomic mass is 31.2. The van der Waals surface area contributed by atoms with Crippen molar-refractivity contribution in [2.75, 3.05) is 39.6 Å². The lowest BCUT2D eigenvalue weighted by molar-refractivity contribution is -0.161. The van der Waals surface area contributed by atoms with Crippen LogP contribution in [0.3, 0.4) is 0 Å². The van der Waals surface area contributed by atoms with Crippen LogP contribution in [-0.4, -0.2) is 96.7 Å². The summed E-state index contributed by atoms with van der Waals surface area (Å²) in [4.78, 5) is 72.5. The predicted molar refractivity (Wildman–Crippen MR) is 368 cm³/mol. The monoisotopic (exact) mass is 1340 g/mol. The van der Waals surface area contributed by atoms with Crippen molar-refractivity contribution in [3.63, 3.8) is 0 Å². The lowest BCUT2D eigenvalue weighted by atomic mass is 10.0. The van der Waals surface area contributed by atoms with E-state index in [2.05, 4.69) is 34.6 Å². The van der Waals surface area contributed by atoms with Gasteiger partial charge in [0.2, 0.25) is 0 Å². The Bertz CT molecular complexity index is 1750. The van der Waals surface area contributed by atoms with E-state index in [0.29, 0.717) is 25.7 Å². The molecule has 0 aromatic rings. The first-order valence-electron chi connectivity index (χ1n) is 37.6. The SMILES string of the molecule is CCCCCCCCCCCCCC(=O)OC[C@H](COP(=O)(O)OC[C@@H](O)COP(=O)(O)OC[C@@H](COC(=O)CCCCCCCCCCC)OC(=O)CCCCCCCCCCCC)OC(=O)CCCCCCCCCCCCCCCCCCCCC(C)C. The van der Waals surface area contributed by atoms with Crippen LogP contribution in [-0.2, 0) is 65.4 Å². The summed E-state index contributed by atoms with van der Waals surface area (Å²) in [5.74, 6) is -1.30. The van der Waals surface area contributed by atoms with Crippen molar-refractivity contribution in [2.24, 2.45) is 5.92 Å². The van der Waals surface area contributed by atoms with Gasteiger partial charge in [-0.05, 0) is 31.6 Å². The normalized spacial score (nSPS) is 14.0. The van der Waals surface area contributed by atoms with E-state index in [0.717, 1.165) is 95.8 Å². The molecule has 0 rings (SSSR count). The summed E-state index contributed by atoms with van der Waals surface area (Å²) in [7, 11) is -9.90. The maximum Gasteiger partial charge on any atom is 0.472 e. The highest BCUT2D eigenvalue weighted by molar-refractivity contribution is 7.47. The van der Waals surface area contributed by atoms with Gasteiger partial charge in [-0.2, -0.15) is 0 Å². The van der Waals surface area contributed by atoms with Crippen LogP contribution in [0.4, 0.5) is 0 Å². The van der Waals surface area contributed by atoms with E-state index >= 15 is 0 Å². The summed E-state index contributed by atoms with van der Waals surface area (Å²) in [5.41, 5.74) is 0. The summed E-state index contributed by atoms with van der Waals surface area (Å²) < 4.78 is 68.2. The third-order valence-corrected chi connectivity index (χ3v) is 18.7. The number of aliphatic hydroxyl groups is 1. The standard InChI is InChI=1S/C72H140O17P2/c1-6-9-12-15-18-21-31-37-41-46-51-56-70(75)83-62-68(89-72(77)58-53-48-43-38-33-30-28-26-24-23-25-27-29-32-35-39-44-49-54-65(4)5)64-87-91(80,81)85-60-66(73)59-84-90(78,79)86-63-67(61-82-69(74)55-50-45-40-34-20-17-14-11-8-3)88-71(76)57-52-47-42-36-22-19-16-13-10-7-2/h65-68,73H,6-64H2,1-5H3,(H,78,79)(H,80,81)/t66-,67+,68+/m0/s1. The molecule has 0 aromatic carbocycles. The third-order valence-electron chi connectivity index (χ3n) is 16.8. The zero-order valence-corrected chi connectivity index (χ0v) is 60.8. The van der Waals surface area contributed by atoms with Crippen molar-refractivity contribution in [1.82, 2.24) is 0 Å². The van der Waals surface area contributed by atoms with Gasteiger partial charge in [0, 0.05) is 25.7 Å². The Balaban J connectivity index is 5.15. The Morgan fingerprint density at radius 1 is 0.297 bits per heavy atom. The molecule has 0 aromatic heterocycles. The first-order chi connectivity index (χ1) is 44.0. The molecule has 0 radical (unpaired) electrons. The van der Waals surface area contributed by atoms with Crippen molar-refractivity contribution in [3.8, 4) is 0 Å². The Kier molecular flexibility index (Phi) is 64.0. The second-order valence-corrected chi connectivity index (χ2v) is 29.4. The molecule has 3 N–H and O–H groups in total. The molecular weight excluding hydrogens is 1200 g/mol. The van der Waals surface area contributed by atoms with Gasteiger partial charge in [-0.25, -0.2) is 9.13 Å². The van der Waals surface area contributed by atoms with Crippen molar-refractivity contribution in [3.05, 3.63) is 0 Å². The van der Waals surface area contributed by atoms with E-state index in [1.165, 1.54) is 199 Å². The topological polar surface area (TPSA) is 237 Å². The highest BCUT2D eigenvalue weighted by Gasteiger charge is 2.30. The van der Waals surface area contributed by atoms with Gasteiger partial charge in [0.1, 0.15) is 19.3 Å². The number of carbonyl (C=O) groups excluding carboxylic acids is 4. The second-order valence-electron chi connectivity index (χ2n) is 26.5. The Morgan fingerprint density at radius 3 is 0.747 bits per heavy atom. The number of hydrogen-bond donors (Lipinski definition) is 3. The summed E-state index contributed by atoms with van der Waals surface area (Å²) in [6.07, 6.45) is 52.7. The fourth-order valence-electron chi connectivity index (χ4n) is 11.0. The van der Waals surface area contributed by atoms with E-state index in [1.807, 2.05) is 0 Å². The molecule has 91 heavy (non-hydrogen) atoms. The molecule has 0 saturated carbocycles. The second kappa shape index (κ2) is 65.4. The molecule has 5 atom stereocenters. The number of ether oxygens (including phenoxy) is 4. The average Bonchev–Trinajstić information content (AvgIpc) is 2.83. The zero-order chi connectivity index (χ0) is 67.0. The third kappa shape index (κ3) is 66.5.